The lowest BCUT2D eigenvalue weighted by Crippen LogP contribution is -2.12. The highest BCUT2D eigenvalue weighted by molar-refractivity contribution is 6.06. The van der Waals surface area contributed by atoms with Gasteiger partial charge in [0.25, 0.3) is 0 Å². The molecule has 212 valence electrons. The number of rotatable bonds is 9. The highest BCUT2D eigenvalue weighted by atomic mass is 16.5. The molecule has 5 rings (SSSR count). The number of anilines is 1. The molecule has 5 aromatic rings. The smallest absolute Gasteiger partial charge is 0.338 e. The minimum Gasteiger partial charge on any atom is -0.462 e. The Morgan fingerprint density at radius 2 is 1.21 bits per heavy atom. The van der Waals surface area contributed by atoms with Gasteiger partial charge in [-0.3, -0.25) is 0 Å². The molecule has 0 bridgehead atoms. The zero-order chi connectivity index (χ0) is 29.6. The number of benzene rings is 5. The molecule has 5 aromatic carbocycles. The van der Waals surface area contributed by atoms with Gasteiger partial charge in [0.15, 0.2) is 0 Å². The Bertz CT molecular complexity index is 1720. The molecule has 1 N–H and O–H groups in total. The molecule has 0 saturated heterocycles. The lowest BCUT2D eigenvalue weighted by Gasteiger charge is -2.18. The van der Waals surface area contributed by atoms with E-state index >= 15 is 0 Å². The van der Waals surface area contributed by atoms with Gasteiger partial charge in [-0.15, -0.1) is 0 Å². The Labute approximate surface area is 247 Å². The zero-order valence-corrected chi connectivity index (χ0v) is 24.4. The number of carbonyl (C=O) groups excluding carboxylic acids is 2. The largest absolute Gasteiger partial charge is 0.462 e. The standard InChI is InChI=1S/C37H35NO4/c1-5-41-36(39)34-23-33(30-18-15-27-9-7-8-10-29(27)21-30)35(37(40)42-6-2)22-32(34)28-16-13-26(14-17-28)25(4)38-31-19-11-24(3)12-20-31/h7-23,25,38H,5-6H2,1-4H3. The van der Waals surface area contributed by atoms with Gasteiger partial charge in [0.05, 0.1) is 24.3 Å². The average Bonchev–Trinajstić information content (AvgIpc) is 3.01. The van der Waals surface area contributed by atoms with Crippen molar-refractivity contribution in [1.29, 1.82) is 0 Å². The fourth-order valence-electron chi connectivity index (χ4n) is 5.12. The van der Waals surface area contributed by atoms with Gasteiger partial charge in [0.1, 0.15) is 0 Å². The molecule has 0 amide bonds. The highest BCUT2D eigenvalue weighted by Gasteiger charge is 2.23. The summed E-state index contributed by atoms with van der Waals surface area (Å²) in [5.41, 5.74) is 7.01. The van der Waals surface area contributed by atoms with Crippen molar-refractivity contribution in [2.24, 2.45) is 0 Å². The third-order valence-corrected chi connectivity index (χ3v) is 7.37. The summed E-state index contributed by atoms with van der Waals surface area (Å²) < 4.78 is 10.9. The van der Waals surface area contributed by atoms with Crippen molar-refractivity contribution >= 4 is 28.4 Å². The van der Waals surface area contributed by atoms with Crippen LogP contribution in [-0.4, -0.2) is 25.2 Å². The van der Waals surface area contributed by atoms with Crippen LogP contribution in [0.5, 0.6) is 0 Å². The highest BCUT2D eigenvalue weighted by Crippen LogP contribution is 2.35. The molecule has 1 unspecified atom stereocenters. The number of aryl methyl sites for hydroxylation is 1. The molecule has 0 saturated carbocycles. The van der Waals surface area contributed by atoms with Gasteiger partial charge in [-0.05, 0) is 96.6 Å². The van der Waals surface area contributed by atoms with Crippen molar-refractivity contribution < 1.29 is 19.1 Å². The molecule has 0 aliphatic heterocycles. The van der Waals surface area contributed by atoms with Crippen molar-refractivity contribution in [3.05, 3.63) is 125 Å². The minimum absolute atomic E-state index is 0.0663. The predicted octanol–water partition coefficient (Wildman–Crippen LogP) is 9.01. The van der Waals surface area contributed by atoms with Crippen LogP contribution in [0, 0.1) is 6.92 Å². The fourth-order valence-corrected chi connectivity index (χ4v) is 5.12. The van der Waals surface area contributed by atoms with Crippen molar-refractivity contribution in [3.8, 4) is 22.3 Å². The van der Waals surface area contributed by atoms with E-state index in [-0.39, 0.29) is 19.3 Å². The quantitative estimate of drug-likeness (QED) is 0.183. The maximum atomic E-state index is 13.3. The molecule has 0 aromatic heterocycles. The third kappa shape index (κ3) is 6.21. The van der Waals surface area contributed by atoms with Crippen LogP contribution in [-0.2, 0) is 9.47 Å². The van der Waals surface area contributed by atoms with Gasteiger partial charge in [0.2, 0.25) is 0 Å². The summed E-state index contributed by atoms with van der Waals surface area (Å²) in [6, 6.07) is 34.0. The second kappa shape index (κ2) is 12.7. The number of ether oxygens (including phenoxy) is 2. The van der Waals surface area contributed by atoms with E-state index < -0.39 is 11.9 Å². The maximum absolute atomic E-state index is 13.3. The van der Waals surface area contributed by atoms with Crippen molar-refractivity contribution in [2.45, 2.75) is 33.7 Å². The van der Waals surface area contributed by atoms with Crippen LogP contribution in [0.4, 0.5) is 5.69 Å². The van der Waals surface area contributed by atoms with E-state index in [1.165, 1.54) is 5.56 Å². The molecule has 0 spiro atoms. The normalized spacial score (nSPS) is 11.6. The van der Waals surface area contributed by atoms with E-state index in [4.69, 9.17) is 9.47 Å². The first-order chi connectivity index (χ1) is 20.4. The van der Waals surface area contributed by atoms with E-state index in [1.807, 2.05) is 66.7 Å². The Morgan fingerprint density at radius 1 is 0.667 bits per heavy atom. The SMILES string of the molecule is CCOC(=O)c1cc(-c2ccc3ccccc3c2)c(C(=O)OCC)cc1-c1ccc(C(C)Nc2ccc(C)cc2)cc1. The van der Waals surface area contributed by atoms with Crippen LogP contribution < -0.4 is 5.32 Å². The van der Waals surface area contributed by atoms with Gasteiger partial charge in [-0.2, -0.15) is 0 Å². The van der Waals surface area contributed by atoms with Crippen LogP contribution in [0.2, 0.25) is 0 Å². The molecular weight excluding hydrogens is 522 g/mol. The first-order valence-electron chi connectivity index (χ1n) is 14.3. The molecule has 0 aliphatic rings. The van der Waals surface area contributed by atoms with Gasteiger partial charge in [0, 0.05) is 11.7 Å². The Hall–Kier alpha value is -4.90. The monoisotopic (exact) mass is 557 g/mol. The zero-order valence-electron chi connectivity index (χ0n) is 24.4. The van der Waals surface area contributed by atoms with Crippen LogP contribution >= 0.6 is 0 Å². The summed E-state index contributed by atoms with van der Waals surface area (Å²) in [6.07, 6.45) is 0. The second-order valence-corrected chi connectivity index (χ2v) is 10.3. The molecule has 0 aliphatic carbocycles. The Balaban J connectivity index is 1.58. The number of esters is 2. The van der Waals surface area contributed by atoms with Gasteiger partial charge >= 0.3 is 11.9 Å². The molecule has 0 radical (unpaired) electrons. The molecular formula is C37H35NO4. The van der Waals surface area contributed by atoms with Crippen LogP contribution in [0.1, 0.15) is 58.7 Å². The first kappa shape index (κ1) is 28.6. The van der Waals surface area contributed by atoms with E-state index in [2.05, 4.69) is 43.4 Å². The fraction of sp³-hybridized carbons (Fsp3) is 0.189. The summed E-state index contributed by atoms with van der Waals surface area (Å²) in [5.74, 6) is -0.881. The molecule has 1 atom stereocenters. The van der Waals surface area contributed by atoms with E-state index in [1.54, 1.807) is 26.0 Å². The summed E-state index contributed by atoms with van der Waals surface area (Å²) in [6.45, 7) is 8.22. The molecule has 42 heavy (non-hydrogen) atoms. The van der Waals surface area contributed by atoms with Gasteiger partial charge in [-0.25, -0.2) is 9.59 Å². The third-order valence-electron chi connectivity index (χ3n) is 7.37. The molecule has 5 nitrogen and oxygen atoms in total. The van der Waals surface area contributed by atoms with E-state index in [0.717, 1.165) is 33.2 Å². The maximum Gasteiger partial charge on any atom is 0.338 e. The Kier molecular flexibility index (Phi) is 8.68. The number of fused-ring (bicyclic) bond motifs is 1. The van der Waals surface area contributed by atoms with Crippen LogP contribution in [0.25, 0.3) is 33.0 Å². The number of carbonyl (C=O) groups is 2. The van der Waals surface area contributed by atoms with Gasteiger partial charge < -0.3 is 14.8 Å². The lowest BCUT2D eigenvalue weighted by atomic mass is 9.89. The topological polar surface area (TPSA) is 64.6 Å². The van der Waals surface area contributed by atoms with Crippen molar-refractivity contribution in [3.63, 3.8) is 0 Å². The molecule has 0 heterocycles. The summed E-state index contributed by atoms with van der Waals surface area (Å²) in [7, 11) is 0. The minimum atomic E-state index is -0.441. The summed E-state index contributed by atoms with van der Waals surface area (Å²) >= 11 is 0. The second-order valence-electron chi connectivity index (χ2n) is 10.3. The van der Waals surface area contributed by atoms with Crippen molar-refractivity contribution in [2.75, 3.05) is 18.5 Å². The number of hydrogen-bond donors (Lipinski definition) is 1. The molecule has 5 heteroatoms. The predicted molar refractivity (Wildman–Crippen MR) is 170 cm³/mol. The summed E-state index contributed by atoms with van der Waals surface area (Å²) in [4.78, 5) is 26.6. The molecule has 0 fully saturated rings. The van der Waals surface area contributed by atoms with Crippen LogP contribution in [0.15, 0.2) is 103 Å². The van der Waals surface area contributed by atoms with E-state index in [9.17, 15) is 9.59 Å². The first-order valence-corrected chi connectivity index (χ1v) is 14.3. The number of hydrogen-bond acceptors (Lipinski definition) is 5. The Morgan fingerprint density at radius 3 is 1.81 bits per heavy atom. The van der Waals surface area contributed by atoms with Crippen molar-refractivity contribution in [1.82, 2.24) is 0 Å². The number of nitrogens with one attached hydrogen (secondary N) is 1. The van der Waals surface area contributed by atoms with Gasteiger partial charge in [-0.1, -0.05) is 78.4 Å². The lowest BCUT2D eigenvalue weighted by molar-refractivity contribution is 0.0513. The average molecular weight is 558 g/mol. The van der Waals surface area contributed by atoms with E-state index in [0.29, 0.717) is 22.3 Å². The van der Waals surface area contributed by atoms with Crippen LogP contribution in [0.3, 0.4) is 0 Å². The summed E-state index contributed by atoms with van der Waals surface area (Å²) in [5, 5.41) is 5.66.